The summed E-state index contributed by atoms with van der Waals surface area (Å²) in [6.07, 6.45) is -0.107. The van der Waals surface area contributed by atoms with Gasteiger partial charge in [0.05, 0.1) is 0 Å². The summed E-state index contributed by atoms with van der Waals surface area (Å²) in [5.74, 6) is -0.744. The highest BCUT2D eigenvalue weighted by Crippen LogP contribution is 2.10. The average molecular weight is 443 g/mol. The van der Waals surface area contributed by atoms with Crippen LogP contribution in [-0.4, -0.2) is 41.2 Å². The van der Waals surface area contributed by atoms with Gasteiger partial charge in [-0.15, -0.1) is 0 Å². The number of nitrogens with one attached hydrogen (secondary N) is 3. The van der Waals surface area contributed by atoms with Crippen molar-refractivity contribution in [3.05, 3.63) is 45.0 Å². The fourth-order valence-corrected chi connectivity index (χ4v) is 2.41. The summed E-state index contributed by atoms with van der Waals surface area (Å²) in [5, 5.41) is 20.7. The number of alkyl carbamates (subject to hydrolysis) is 1. The number of carbonyl (C=O) groups excluding carboxylic acids is 2. The van der Waals surface area contributed by atoms with Gasteiger partial charge in [-0.2, -0.15) is 0 Å². The minimum Gasteiger partial charge on any atom is -0.444 e. The number of hydrogen-bond acceptors (Lipinski definition) is 5. The molecule has 1 atom stereocenters. The summed E-state index contributed by atoms with van der Waals surface area (Å²) in [4.78, 5) is 34.9. The maximum atomic E-state index is 12.6. The fourth-order valence-electron chi connectivity index (χ4n) is 2.28. The van der Waals surface area contributed by atoms with E-state index in [1.165, 1.54) is 0 Å². The van der Waals surface area contributed by atoms with E-state index in [0.29, 0.717) is 11.4 Å². The molecular weight excluding hydrogens is 416 g/mol. The number of hydrogen-bond donors (Lipinski definition) is 4. The van der Waals surface area contributed by atoms with Crippen molar-refractivity contribution in [3.63, 3.8) is 0 Å². The van der Waals surface area contributed by atoms with Crippen molar-refractivity contribution in [2.75, 3.05) is 6.54 Å². The van der Waals surface area contributed by atoms with Crippen LogP contribution in [0.1, 0.15) is 39.2 Å². The van der Waals surface area contributed by atoms with E-state index in [4.69, 9.17) is 22.1 Å². The van der Waals surface area contributed by atoms with E-state index in [2.05, 4.69) is 21.1 Å². The molecule has 0 aliphatic carbocycles. The molecule has 0 saturated carbocycles. The molecule has 1 aromatic carbocycles. The second-order valence-electron chi connectivity index (χ2n) is 7.34. The Labute approximate surface area is 179 Å². The van der Waals surface area contributed by atoms with Gasteiger partial charge in [-0.3, -0.25) is 4.79 Å². The first-order valence-electron chi connectivity index (χ1n) is 9.20. The predicted molar refractivity (Wildman–Crippen MR) is 112 cm³/mol. The van der Waals surface area contributed by atoms with Crippen LogP contribution >= 0.6 is 11.6 Å². The predicted octanol–water partition coefficient (Wildman–Crippen LogP) is 1.73. The second kappa shape index (κ2) is 11.8. The topological polar surface area (TPSA) is 161 Å². The number of halogens is 1. The number of ether oxygens (including phenoxy) is 1. The normalized spacial score (nSPS) is 12.6. The summed E-state index contributed by atoms with van der Waals surface area (Å²) in [7, 11) is 0. The maximum absolute atomic E-state index is 12.6. The van der Waals surface area contributed by atoms with E-state index < -0.39 is 28.7 Å². The SMILES string of the molecule is CC(C)(C)OC(=O)N[C@H](CCCNC(N)=N[N+](=O)[O-])C(=O)NCc1ccc(Cl)cc1. The Morgan fingerprint density at radius 3 is 2.47 bits per heavy atom. The Hall–Kier alpha value is -3.08. The van der Waals surface area contributed by atoms with E-state index in [9.17, 15) is 19.7 Å². The minimum atomic E-state index is -0.917. The monoisotopic (exact) mass is 442 g/mol. The zero-order valence-corrected chi connectivity index (χ0v) is 17.9. The largest absolute Gasteiger partial charge is 0.444 e. The van der Waals surface area contributed by atoms with Gasteiger partial charge >= 0.3 is 6.09 Å². The highest BCUT2D eigenvalue weighted by Gasteiger charge is 2.24. The Morgan fingerprint density at radius 1 is 1.27 bits per heavy atom. The average Bonchev–Trinajstić information content (AvgIpc) is 2.61. The Morgan fingerprint density at radius 2 is 1.90 bits per heavy atom. The van der Waals surface area contributed by atoms with Crippen molar-refractivity contribution in [1.82, 2.24) is 16.0 Å². The van der Waals surface area contributed by atoms with Crippen LogP contribution in [0.5, 0.6) is 0 Å². The Balaban J connectivity index is 2.65. The van der Waals surface area contributed by atoms with Crippen LogP contribution in [0.2, 0.25) is 5.02 Å². The van der Waals surface area contributed by atoms with E-state index in [1.54, 1.807) is 45.0 Å². The number of amides is 2. The second-order valence-corrected chi connectivity index (χ2v) is 7.77. The number of carbonyl (C=O) groups is 2. The van der Waals surface area contributed by atoms with Gasteiger partial charge in [0, 0.05) is 18.1 Å². The molecule has 30 heavy (non-hydrogen) atoms. The third kappa shape index (κ3) is 11.1. The quantitative estimate of drug-likeness (QED) is 0.149. The highest BCUT2D eigenvalue weighted by atomic mass is 35.5. The van der Waals surface area contributed by atoms with Crippen molar-refractivity contribution < 1.29 is 19.4 Å². The van der Waals surface area contributed by atoms with Gasteiger partial charge in [-0.25, -0.2) is 14.9 Å². The van der Waals surface area contributed by atoms with Gasteiger partial charge < -0.3 is 26.4 Å². The van der Waals surface area contributed by atoms with Gasteiger partial charge in [0.25, 0.3) is 5.96 Å². The van der Waals surface area contributed by atoms with Crippen molar-refractivity contribution in [2.45, 2.75) is 51.8 Å². The molecule has 0 bridgehead atoms. The number of hydrazone groups is 1. The third-order valence-electron chi connectivity index (χ3n) is 3.55. The molecule has 0 fully saturated rings. The van der Waals surface area contributed by atoms with E-state index >= 15 is 0 Å². The summed E-state index contributed by atoms with van der Waals surface area (Å²) in [6, 6.07) is 6.10. The van der Waals surface area contributed by atoms with E-state index in [1.807, 2.05) is 0 Å². The molecule has 0 saturated heterocycles. The molecular formula is C18H27ClN6O5. The van der Waals surface area contributed by atoms with Crippen LogP contribution in [0.4, 0.5) is 4.79 Å². The van der Waals surface area contributed by atoms with Crippen LogP contribution < -0.4 is 21.7 Å². The van der Waals surface area contributed by atoms with Crippen molar-refractivity contribution in [3.8, 4) is 0 Å². The van der Waals surface area contributed by atoms with Gasteiger partial charge in [0.1, 0.15) is 16.7 Å². The summed E-state index contributed by atoms with van der Waals surface area (Å²) < 4.78 is 5.21. The lowest BCUT2D eigenvalue weighted by atomic mass is 10.1. The van der Waals surface area contributed by atoms with Gasteiger partial charge in [-0.05, 0) is 51.3 Å². The molecule has 5 N–H and O–H groups in total. The first kappa shape index (κ1) is 25.0. The molecule has 1 rings (SSSR count). The van der Waals surface area contributed by atoms with Crippen LogP contribution in [0.25, 0.3) is 0 Å². The lowest BCUT2D eigenvalue weighted by Gasteiger charge is -2.23. The molecule has 12 heteroatoms. The van der Waals surface area contributed by atoms with Crippen LogP contribution in [0.3, 0.4) is 0 Å². The molecule has 0 heterocycles. The molecule has 0 aliphatic rings. The Bertz CT molecular complexity index is 763. The number of nitro groups is 1. The minimum absolute atomic E-state index is 0.222. The van der Waals surface area contributed by atoms with Crippen LogP contribution in [0.15, 0.2) is 29.4 Å². The van der Waals surface area contributed by atoms with Crippen molar-refractivity contribution >= 4 is 29.6 Å². The maximum Gasteiger partial charge on any atom is 0.408 e. The highest BCUT2D eigenvalue weighted by molar-refractivity contribution is 6.30. The van der Waals surface area contributed by atoms with Crippen molar-refractivity contribution in [2.24, 2.45) is 10.8 Å². The molecule has 0 radical (unpaired) electrons. The number of guanidine groups is 1. The lowest BCUT2D eigenvalue weighted by Crippen LogP contribution is -2.48. The molecule has 0 spiro atoms. The fraction of sp³-hybridized carbons (Fsp3) is 0.500. The smallest absolute Gasteiger partial charge is 0.408 e. The molecule has 1 aromatic rings. The lowest BCUT2D eigenvalue weighted by molar-refractivity contribution is -0.485. The third-order valence-corrected chi connectivity index (χ3v) is 3.80. The molecule has 0 aromatic heterocycles. The number of benzene rings is 1. The summed E-state index contributed by atoms with van der Waals surface area (Å²) >= 11 is 5.85. The first-order valence-corrected chi connectivity index (χ1v) is 9.58. The standard InChI is InChI=1S/C18H27ClN6O5/c1-18(2,3)30-17(27)23-14(5-4-10-21-16(20)24-25(28)29)15(26)22-11-12-6-8-13(19)9-7-12/h6-9,14H,4-5,10-11H2,1-3H3,(H,22,26)(H,23,27)(H3,20,21,24)/t14-/m1/s1. The van der Waals surface area contributed by atoms with Crippen molar-refractivity contribution in [1.29, 1.82) is 0 Å². The van der Waals surface area contributed by atoms with Gasteiger partial charge in [-0.1, -0.05) is 23.7 Å². The summed E-state index contributed by atoms with van der Waals surface area (Å²) in [6.45, 7) is 5.61. The molecule has 11 nitrogen and oxygen atoms in total. The van der Waals surface area contributed by atoms with Crippen LogP contribution in [-0.2, 0) is 16.1 Å². The number of nitrogens with two attached hydrogens (primary N) is 1. The van der Waals surface area contributed by atoms with Gasteiger partial charge in [0.15, 0.2) is 5.03 Å². The molecule has 0 unspecified atom stereocenters. The molecule has 0 aliphatic heterocycles. The zero-order valence-electron chi connectivity index (χ0n) is 17.1. The van der Waals surface area contributed by atoms with E-state index in [-0.39, 0.29) is 25.5 Å². The first-order chi connectivity index (χ1) is 14.0. The van der Waals surface area contributed by atoms with E-state index in [0.717, 1.165) is 5.56 Å². The Kier molecular flexibility index (Phi) is 9.82. The zero-order chi connectivity index (χ0) is 22.7. The van der Waals surface area contributed by atoms with Crippen LogP contribution in [0, 0.1) is 10.1 Å². The number of rotatable bonds is 9. The number of nitrogens with zero attached hydrogens (tertiary/aromatic N) is 2. The molecule has 166 valence electrons. The van der Waals surface area contributed by atoms with Gasteiger partial charge in [0.2, 0.25) is 5.91 Å². The summed E-state index contributed by atoms with van der Waals surface area (Å²) in [5.41, 5.74) is 5.47. The molecule has 2 amide bonds.